The van der Waals surface area contributed by atoms with Gasteiger partial charge in [0.25, 0.3) is 0 Å². The molecule has 2 aromatic rings. The first kappa shape index (κ1) is 13.5. The van der Waals surface area contributed by atoms with Gasteiger partial charge in [-0.1, -0.05) is 29.3 Å². The molecule has 0 bridgehead atoms. The molecule has 0 saturated carbocycles. The van der Waals surface area contributed by atoms with Gasteiger partial charge < -0.3 is 5.32 Å². The number of halogens is 2. The summed E-state index contributed by atoms with van der Waals surface area (Å²) >= 11 is 12.2. The fraction of sp³-hybridized carbons (Fsp3) is 0.286. The minimum Gasteiger partial charge on any atom is -0.348 e. The van der Waals surface area contributed by atoms with Crippen molar-refractivity contribution in [1.29, 1.82) is 0 Å². The van der Waals surface area contributed by atoms with Crippen LogP contribution in [0.3, 0.4) is 0 Å². The summed E-state index contributed by atoms with van der Waals surface area (Å²) < 4.78 is 1.60. The Morgan fingerprint density at radius 2 is 2.30 bits per heavy atom. The number of rotatable bonds is 3. The van der Waals surface area contributed by atoms with Crippen molar-refractivity contribution in [3.8, 4) is 0 Å². The van der Waals surface area contributed by atoms with Crippen molar-refractivity contribution in [1.82, 2.24) is 15.1 Å². The van der Waals surface area contributed by atoms with Crippen LogP contribution in [-0.2, 0) is 17.8 Å². The van der Waals surface area contributed by atoms with Gasteiger partial charge in [0.1, 0.15) is 6.54 Å². The van der Waals surface area contributed by atoms with Gasteiger partial charge in [-0.3, -0.25) is 9.48 Å². The highest BCUT2D eigenvalue weighted by molar-refractivity contribution is 6.42. The molecule has 1 aromatic carbocycles. The largest absolute Gasteiger partial charge is 0.348 e. The summed E-state index contributed by atoms with van der Waals surface area (Å²) in [6, 6.07) is 5.51. The second-order valence-electron chi connectivity index (χ2n) is 4.79. The van der Waals surface area contributed by atoms with Gasteiger partial charge in [-0.25, -0.2) is 0 Å². The number of nitrogens with one attached hydrogen (secondary N) is 1. The molecule has 1 heterocycles. The van der Waals surface area contributed by atoms with E-state index in [4.69, 9.17) is 23.2 Å². The van der Waals surface area contributed by atoms with Crippen LogP contribution in [0.2, 0.25) is 10.0 Å². The molecule has 1 N–H and O–H groups in total. The molecule has 104 valence electrons. The molecular weight excluding hydrogens is 297 g/mol. The molecule has 1 amide bonds. The van der Waals surface area contributed by atoms with E-state index in [1.807, 2.05) is 6.07 Å². The molecule has 0 saturated heterocycles. The van der Waals surface area contributed by atoms with E-state index in [2.05, 4.69) is 10.4 Å². The molecule has 3 rings (SSSR count). The maximum Gasteiger partial charge on any atom is 0.242 e. The Morgan fingerprint density at radius 3 is 3.05 bits per heavy atom. The predicted molar refractivity (Wildman–Crippen MR) is 77.9 cm³/mol. The molecule has 0 spiro atoms. The zero-order valence-electron chi connectivity index (χ0n) is 10.6. The van der Waals surface area contributed by atoms with E-state index >= 15 is 0 Å². The average molecular weight is 310 g/mol. The fourth-order valence-electron chi connectivity index (χ4n) is 2.56. The standard InChI is InChI=1S/C14H13Cl2N3O/c15-11-4-2-9-10(14(11)16)3-5-12(9)18-13(20)8-19-7-1-6-17-19/h1-2,4,6-7,12H,3,5,8H2,(H,18,20)/t12-/m1/s1. The van der Waals surface area contributed by atoms with Crippen LogP contribution in [0.25, 0.3) is 0 Å². The Hall–Kier alpha value is -1.52. The number of nitrogens with zero attached hydrogens (tertiary/aromatic N) is 2. The minimum absolute atomic E-state index is 0.00262. The summed E-state index contributed by atoms with van der Waals surface area (Å²) in [4.78, 5) is 12.0. The minimum atomic E-state index is -0.0578. The van der Waals surface area contributed by atoms with Crippen LogP contribution < -0.4 is 5.32 Å². The number of hydrogen-bond acceptors (Lipinski definition) is 2. The Kier molecular flexibility index (Phi) is 3.68. The number of carbonyl (C=O) groups excluding carboxylic acids is 1. The Morgan fingerprint density at radius 1 is 1.45 bits per heavy atom. The van der Waals surface area contributed by atoms with Crippen LogP contribution in [0, 0.1) is 0 Å². The van der Waals surface area contributed by atoms with Crippen LogP contribution in [-0.4, -0.2) is 15.7 Å². The number of aromatic nitrogens is 2. The van der Waals surface area contributed by atoms with Gasteiger partial charge in [0.2, 0.25) is 5.91 Å². The van der Waals surface area contributed by atoms with Crippen molar-refractivity contribution in [2.24, 2.45) is 0 Å². The third kappa shape index (κ3) is 2.53. The zero-order valence-corrected chi connectivity index (χ0v) is 12.2. The fourth-order valence-corrected chi connectivity index (χ4v) is 3.01. The molecule has 20 heavy (non-hydrogen) atoms. The lowest BCUT2D eigenvalue weighted by atomic mass is 10.1. The third-order valence-corrected chi connectivity index (χ3v) is 4.33. The topological polar surface area (TPSA) is 46.9 Å². The SMILES string of the molecule is O=C(Cn1cccn1)N[C@@H]1CCc2c1ccc(Cl)c2Cl. The van der Waals surface area contributed by atoms with Crippen LogP contribution in [0.1, 0.15) is 23.6 Å². The van der Waals surface area contributed by atoms with E-state index in [1.165, 1.54) is 0 Å². The Bertz CT molecular complexity index is 640. The second-order valence-corrected chi connectivity index (χ2v) is 5.58. The average Bonchev–Trinajstić information content (AvgIpc) is 3.04. The molecule has 6 heteroatoms. The summed E-state index contributed by atoms with van der Waals surface area (Å²) in [5, 5.41) is 8.21. The van der Waals surface area contributed by atoms with Gasteiger partial charge in [-0.2, -0.15) is 5.10 Å². The van der Waals surface area contributed by atoms with Crippen LogP contribution >= 0.6 is 23.2 Å². The second kappa shape index (κ2) is 5.46. The van der Waals surface area contributed by atoms with Crippen molar-refractivity contribution >= 4 is 29.1 Å². The smallest absolute Gasteiger partial charge is 0.242 e. The monoisotopic (exact) mass is 309 g/mol. The van der Waals surface area contributed by atoms with E-state index in [0.717, 1.165) is 24.0 Å². The quantitative estimate of drug-likeness (QED) is 0.947. The van der Waals surface area contributed by atoms with Crippen LogP contribution in [0.4, 0.5) is 0 Å². The van der Waals surface area contributed by atoms with E-state index < -0.39 is 0 Å². The van der Waals surface area contributed by atoms with Crippen molar-refractivity contribution in [3.63, 3.8) is 0 Å². The normalized spacial score (nSPS) is 17.0. The van der Waals surface area contributed by atoms with Crippen molar-refractivity contribution in [3.05, 3.63) is 51.8 Å². The van der Waals surface area contributed by atoms with E-state index in [-0.39, 0.29) is 18.5 Å². The molecule has 1 aromatic heterocycles. The van der Waals surface area contributed by atoms with Crippen LogP contribution in [0.5, 0.6) is 0 Å². The summed E-state index contributed by atoms with van der Waals surface area (Å²) in [5.74, 6) is -0.0578. The molecule has 0 aliphatic heterocycles. The van der Waals surface area contributed by atoms with E-state index in [0.29, 0.717) is 10.0 Å². The van der Waals surface area contributed by atoms with Gasteiger partial charge in [0.15, 0.2) is 0 Å². The van der Waals surface area contributed by atoms with Crippen molar-refractivity contribution < 1.29 is 4.79 Å². The van der Waals surface area contributed by atoms with Gasteiger partial charge >= 0.3 is 0 Å². The molecule has 1 aliphatic rings. The first-order chi connectivity index (χ1) is 9.65. The molecule has 0 fully saturated rings. The van der Waals surface area contributed by atoms with E-state index in [9.17, 15) is 4.79 Å². The first-order valence-electron chi connectivity index (χ1n) is 6.38. The maximum atomic E-state index is 12.0. The van der Waals surface area contributed by atoms with Crippen LogP contribution in [0.15, 0.2) is 30.6 Å². The number of carbonyl (C=O) groups is 1. The molecule has 4 nitrogen and oxygen atoms in total. The predicted octanol–water partition coefficient (Wildman–Crippen LogP) is 2.99. The highest BCUT2D eigenvalue weighted by atomic mass is 35.5. The van der Waals surface area contributed by atoms with Crippen molar-refractivity contribution in [2.75, 3.05) is 0 Å². The Balaban J connectivity index is 1.72. The van der Waals surface area contributed by atoms with Gasteiger partial charge in [0, 0.05) is 12.4 Å². The summed E-state index contributed by atoms with van der Waals surface area (Å²) in [6.45, 7) is 0.222. The molecule has 1 aliphatic carbocycles. The number of hydrogen-bond donors (Lipinski definition) is 1. The lowest BCUT2D eigenvalue weighted by Crippen LogP contribution is -2.30. The molecule has 0 radical (unpaired) electrons. The summed E-state index contributed by atoms with van der Waals surface area (Å²) in [7, 11) is 0. The lowest BCUT2D eigenvalue weighted by Gasteiger charge is -2.14. The van der Waals surface area contributed by atoms with E-state index in [1.54, 1.807) is 29.2 Å². The first-order valence-corrected chi connectivity index (χ1v) is 7.14. The van der Waals surface area contributed by atoms with Crippen molar-refractivity contribution in [2.45, 2.75) is 25.4 Å². The highest BCUT2D eigenvalue weighted by Gasteiger charge is 2.26. The number of amides is 1. The highest BCUT2D eigenvalue weighted by Crippen LogP contribution is 2.38. The summed E-state index contributed by atoms with van der Waals surface area (Å²) in [5.41, 5.74) is 2.11. The maximum absolute atomic E-state index is 12.0. The molecule has 1 atom stereocenters. The molecule has 0 unspecified atom stereocenters. The zero-order chi connectivity index (χ0) is 14.1. The third-order valence-electron chi connectivity index (χ3n) is 3.49. The number of fused-ring (bicyclic) bond motifs is 1. The Labute approximate surface area is 126 Å². The summed E-state index contributed by atoms with van der Waals surface area (Å²) in [6.07, 6.45) is 5.10. The van der Waals surface area contributed by atoms with Gasteiger partial charge in [-0.15, -0.1) is 0 Å². The number of benzene rings is 1. The molecular formula is C14H13Cl2N3O. The lowest BCUT2D eigenvalue weighted by molar-refractivity contribution is -0.122. The van der Waals surface area contributed by atoms with Gasteiger partial charge in [0.05, 0.1) is 16.1 Å². The van der Waals surface area contributed by atoms with Gasteiger partial charge in [-0.05, 0) is 36.1 Å².